The first-order valence-electron chi connectivity index (χ1n) is 8.61. The highest BCUT2D eigenvalue weighted by molar-refractivity contribution is 7.88. The van der Waals surface area contributed by atoms with Crippen LogP contribution in [0.1, 0.15) is 40.9 Å². The van der Waals surface area contributed by atoms with Crippen LogP contribution in [0.25, 0.3) is 10.9 Å². The van der Waals surface area contributed by atoms with Gasteiger partial charge < -0.3 is 9.88 Å². The van der Waals surface area contributed by atoms with Crippen molar-refractivity contribution in [3.63, 3.8) is 0 Å². The Hall–Kier alpha value is -1.86. The summed E-state index contributed by atoms with van der Waals surface area (Å²) in [5, 5.41) is 1.06. The molecule has 1 amide bonds. The van der Waals surface area contributed by atoms with Crippen molar-refractivity contribution in [1.82, 2.24) is 14.6 Å². The molecule has 1 aromatic carbocycles. The molecule has 1 aliphatic rings. The van der Waals surface area contributed by atoms with Crippen molar-refractivity contribution in [3.05, 3.63) is 35.0 Å². The summed E-state index contributed by atoms with van der Waals surface area (Å²) in [6.07, 6.45) is 3.92. The molecule has 1 atom stereocenters. The minimum Gasteiger partial charge on any atom is -0.358 e. The van der Waals surface area contributed by atoms with Crippen molar-refractivity contribution >= 4 is 26.8 Å². The number of likely N-dealkylation sites (tertiary alicyclic amines) is 1. The average Bonchev–Trinajstić information content (AvgIpc) is 2.86. The van der Waals surface area contributed by atoms with Crippen molar-refractivity contribution in [2.75, 3.05) is 19.3 Å². The Kier molecular flexibility index (Phi) is 4.88. The normalized spacial score (nSPS) is 18.7. The molecule has 6 nitrogen and oxygen atoms in total. The number of hydrogen-bond acceptors (Lipinski definition) is 3. The van der Waals surface area contributed by atoms with E-state index in [2.05, 4.69) is 9.71 Å². The van der Waals surface area contributed by atoms with Crippen molar-refractivity contribution in [2.45, 2.75) is 39.2 Å². The van der Waals surface area contributed by atoms with Gasteiger partial charge >= 0.3 is 0 Å². The maximum absolute atomic E-state index is 13.0. The van der Waals surface area contributed by atoms with E-state index >= 15 is 0 Å². The van der Waals surface area contributed by atoms with Gasteiger partial charge in [0, 0.05) is 41.3 Å². The number of piperidine rings is 1. The van der Waals surface area contributed by atoms with Crippen molar-refractivity contribution < 1.29 is 13.2 Å². The van der Waals surface area contributed by atoms with Crippen LogP contribution in [-0.4, -0.2) is 49.6 Å². The van der Waals surface area contributed by atoms with E-state index in [0.717, 1.165) is 47.7 Å². The highest BCUT2D eigenvalue weighted by atomic mass is 32.2. The highest BCUT2D eigenvalue weighted by Gasteiger charge is 2.28. The third-order valence-corrected chi connectivity index (χ3v) is 5.72. The number of H-pyrrole nitrogens is 1. The zero-order valence-electron chi connectivity index (χ0n) is 14.9. The molecule has 0 aliphatic carbocycles. The predicted octanol–water partition coefficient (Wildman–Crippen LogP) is 2.33. The molecule has 0 saturated carbocycles. The molecule has 2 aromatic rings. The van der Waals surface area contributed by atoms with Crippen LogP contribution in [0.2, 0.25) is 0 Å². The van der Waals surface area contributed by atoms with Gasteiger partial charge in [0.15, 0.2) is 0 Å². The minimum absolute atomic E-state index is 0.0276. The van der Waals surface area contributed by atoms with Crippen molar-refractivity contribution in [1.29, 1.82) is 0 Å². The molecule has 25 heavy (non-hydrogen) atoms. The summed E-state index contributed by atoms with van der Waals surface area (Å²) in [5.74, 6) is -0.0276. The number of carbonyl (C=O) groups excluding carboxylic acids is 1. The molecule has 0 bridgehead atoms. The number of fused-ring (bicyclic) bond motifs is 1. The minimum atomic E-state index is -3.26. The summed E-state index contributed by atoms with van der Waals surface area (Å²) in [4.78, 5) is 18.2. The molecular weight excluding hydrogens is 338 g/mol. The predicted molar refractivity (Wildman–Crippen MR) is 99.3 cm³/mol. The van der Waals surface area contributed by atoms with Crippen LogP contribution in [0.15, 0.2) is 18.2 Å². The van der Waals surface area contributed by atoms with Crippen LogP contribution in [0.5, 0.6) is 0 Å². The highest BCUT2D eigenvalue weighted by Crippen LogP contribution is 2.25. The SMILES string of the molecule is Cc1[nH]c2ccc(C(=O)N3CCCCC3CNS(C)(=O)=O)cc2c1C. The fourth-order valence-electron chi connectivity index (χ4n) is 3.49. The number of rotatable bonds is 4. The smallest absolute Gasteiger partial charge is 0.254 e. The number of aromatic nitrogens is 1. The van der Waals surface area contributed by atoms with Gasteiger partial charge in [-0.3, -0.25) is 4.79 Å². The third kappa shape index (κ3) is 3.88. The Morgan fingerprint density at radius 2 is 2.08 bits per heavy atom. The number of carbonyl (C=O) groups is 1. The van der Waals surface area contributed by atoms with Gasteiger partial charge in [0.2, 0.25) is 10.0 Å². The van der Waals surface area contributed by atoms with E-state index in [9.17, 15) is 13.2 Å². The second-order valence-electron chi connectivity index (χ2n) is 6.90. The van der Waals surface area contributed by atoms with Crippen LogP contribution in [0.4, 0.5) is 0 Å². The molecule has 1 saturated heterocycles. The molecule has 1 fully saturated rings. The Bertz CT molecular complexity index is 902. The number of benzene rings is 1. The quantitative estimate of drug-likeness (QED) is 0.875. The second kappa shape index (κ2) is 6.80. The number of hydrogen-bond donors (Lipinski definition) is 2. The Morgan fingerprint density at radius 3 is 2.80 bits per heavy atom. The molecule has 1 unspecified atom stereocenters. The standard InChI is InChI=1S/C18H25N3O3S/c1-12-13(2)20-17-8-7-14(10-16(12)17)18(22)21-9-5-4-6-15(21)11-19-25(3,23)24/h7-8,10,15,19-20H,4-6,9,11H2,1-3H3. The number of nitrogens with one attached hydrogen (secondary N) is 2. The van der Waals surface area contributed by atoms with E-state index in [0.29, 0.717) is 12.1 Å². The van der Waals surface area contributed by atoms with Gasteiger partial charge in [-0.15, -0.1) is 0 Å². The third-order valence-electron chi connectivity index (χ3n) is 5.02. The van der Waals surface area contributed by atoms with Crippen LogP contribution in [0.3, 0.4) is 0 Å². The van der Waals surface area contributed by atoms with E-state index in [1.54, 1.807) is 0 Å². The molecule has 1 aromatic heterocycles. The number of aryl methyl sites for hydroxylation is 2. The lowest BCUT2D eigenvalue weighted by Gasteiger charge is -2.36. The molecule has 0 radical (unpaired) electrons. The van der Waals surface area contributed by atoms with E-state index in [1.807, 2.05) is 36.9 Å². The first kappa shape index (κ1) is 17.9. The maximum atomic E-state index is 13.0. The second-order valence-corrected chi connectivity index (χ2v) is 8.74. The maximum Gasteiger partial charge on any atom is 0.254 e. The molecule has 7 heteroatoms. The zero-order valence-corrected chi connectivity index (χ0v) is 15.7. The van der Waals surface area contributed by atoms with Gasteiger partial charge in [0.05, 0.1) is 6.26 Å². The average molecular weight is 363 g/mol. The summed E-state index contributed by atoms with van der Waals surface area (Å²) in [5.41, 5.74) is 3.94. The first-order valence-corrected chi connectivity index (χ1v) is 10.5. The number of nitrogens with zero attached hydrogens (tertiary/aromatic N) is 1. The zero-order chi connectivity index (χ0) is 18.2. The van der Waals surface area contributed by atoms with Crippen LogP contribution >= 0.6 is 0 Å². The summed E-state index contributed by atoms with van der Waals surface area (Å²) in [6.45, 7) is 5.00. The van der Waals surface area contributed by atoms with Gasteiger partial charge in [0.1, 0.15) is 0 Å². The topological polar surface area (TPSA) is 82.3 Å². The van der Waals surface area contributed by atoms with Crippen molar-refractivity contribution in [3.8, 4) is 0 Å². The molecule has 0 spiro atoms. The van der Waals surface area contributed by atoms with Gasteiger partial charge in [0.25, 0.3) is 5.91 Å². The lowest BCUT2D eigenvalue weighted by atomic mass is 10.00. The van der Waals surface area contributed by atoms with Crippen molar-refractivity contribution in [2.24, 2.45) is 0 Å². The van der Waals surface area contributed by atoms with E-state index < -0.39 is 10.0 Å². The lowest BCUT2D eigenvalue weighted by molar-refractivity contribution is 0.0619. The molecule has 1 aliphatic heterocycles. The first-order chi connectivity index (χ1) is 11.8. The summed E-state index contributed by atoms with van der Waals surface area (Å²) >= 11 is 0. The van der Waals surface area contributed by atoms with Gasteiger partial charge in [-0.1, -0.05) is 0 Å². The van der Waals surface area contributed by atoms with E-state index in [4.69, 9.17) is 0 Å². The van der Waals surface area contributed by atoms with E-state index in [1.165, 1.54) is 0 Å². The fraction of sp³-hybridized carbons (Fsp3) is 0.500. The largest absolute Gasteiger partial charge is 0.358 e. The molecule has 2 heterocycles. The number of amides is 1. The summed E-state index contributed by atoms with van der Waals surface area (Å²) in [7, 11) is -3.26. The van der Waals surface area contributed by atoms with E-state index in [-0.39, 0.29) is 18.5 Å². The molecule has 136 valence electrons. The Morgan fingerprint density at radius 1 is 1.32 bits per heavy atom. The molecular formula is C18H25N3O3S. The van der Waals surface area contributed by atoms with Crippen LogP contribution in [0, 0.1) is 13.8 Å². The van der Waals surface area contributed by atoms with Gasteiger partial charge in [-0.05, 0) is 56.9 Å². The summed E-state index contributed by atoms with van der Waals surface area (Å²) in [6, 6.07) is 5.62. The van der Waals surface area contributed by atoms with Gasteiger partial charge in [-0.25, -0.2) is 13.1 Å². The Balaban J connectivity index is 1.85. The van der Waals surface area contributed by atoms with Crippen LogP contribution in [-0.2, 0) is 10.0 Å². The molecule has 2 N–H and O–H groups in total. The molecule has 3 rings (SSSR count). The Labute approximate surface area is 148 Å². The lowest BCUT2D eigenvalue weighted by Crippen LogP contribution is -2.49. The number of aromatic amines is 1. The summed E-state index contributed by atoms with van der Waals surface area (Å²) < 4.78 is 25.3. The fourth-order valence-corrected chi connectivity index (χ4v) is 3.98. The van der Waals surface area contributed by atoms with Gasteiger partial charge in [-0.2, -0.15) is 0 Å². The monoisotopic (exact) mass is 363 g/mol. The van der Waals surface area contributed by atoms with Crippen LogP contribution < -0.4 is 4.72 Å². The number of sulfonamides is 1.